The highest BCUT2D eigenvalue weighted by Gasteiger charge is 2.29. The Kier molecular flexibility index (Phi) is 5.48. The van der Waals surface area contributed by atoms with Crippen molar-refractivity contribution in [2.24, 2.45) is 0 Å². The predicted molar refractivity (Wildman–Crippen MR) is 105 cm³/mol. The Labute approximate surface area is 164 Å². The number of nitrogens with zero attached hydrogens (tertiary/aromatic N) is 3. The van der Waals surface area contributed by atoms with Crippen molar-refractivity contribution in [1.82, 2.24) is 15.0 Å². The van der Waals surface area contributed by atoms with Gasteiger partial charge in [-0.15, -0.1) is 5.10 Å². The molecule has 0 unspecified atom stereocenters. The zero-order valence-corrected chi connectivity index (χ0v) is 15.8. The Morgan fingerprint density at radius 3 is 2.64 bits per heavy atom. The average Bonchev–Trinajstić information content (AvgIpc) is 3.22. The van der Waals surface area contributed by atoms with Crippen LogP contribution in [0, 0.1) is 0 Å². The number of hydrogen-bond acceptors (Lipinski definition) is 5. The van der Waals surface area contributed by atoms with Crippen LogP contribution >= 0.6 is 0 Å². The third kappa shape index (κ3) is 4.28. The molecule has 0 radical (unpaired) electrons. The first kappa shape index (κ1) is 18.4. The fourth-order valence-electron chi connectivity index (χ4n) is 3.48. The topological polar surface area (TPSA) is 66.2 Å². The lowest BCUT2D eigenvalue weighted by Crippen LogP contribution is -2.29. The Balaban J connectivity index is 1.38. The van der Waals surface area contributed by atoms with E-state index in [1.54, 1.807) is 7.11 Å². The summed E-state index contributed by atoms with van der Waals surface area (Å²) in [6.07, 6.45) is 3.21. The molecule has 2 atom stereocenters. The molecular weight excluding hydrogens is 354 g/mol. The number of aryl methyl sites for hydroxylation is 1. The van der Waals surface area contributed by atoms with Crippen LogP contribution in [0.5, 0.6) is 5.75 Å². The van der Waals surface area contributed by atoms with Crippen LogP contribution in [0.15, 0.2) is 60.8 Å². The molecule has 3 aromatic rings. The van der Waals surface area contributed by atoms with Crippen LogP contribution in [0.4, 0.5) is 0 Å². The van der Waals surface area contributed by atoms with Gasteiger partial charge in [-0.2, -0.15) is 0 Å². The Morgan fingerprint density at radius 2 is 1.89 bits per heavy atom. The molecule has 1 aliphatic rings. The van der Waals surface area contributed by atoms with E-state index in [0.717, 1.165) is 29.0 Å². The molecule has 0 spiro atoms. The molecular formula is C22H23N3O3. The average molecular weight is 377 g/mol. The van der Waals surface area contributed by atoms with E-state index < -0.39 is 0 Å². The molecule has 28 heavy (non-hydrogen) atoms. The van der Waals surface area contributed by atoms with Crippen LogP contribution < -0.4 is 4.74 Å². The summed E-state index contributed by atoms with van der Waals surface area (Å²) in [5.41, 5.74) is 2.89. The number of hydrogen-bond donors (Lipinski definition) is 0. The third-order valence-corrected chi connectivity index (χ3v) is 5.00. The second-order valence-corrected chi connectivity index (χ2v) is 6.99. The van der Waals surface area contributed by atoms with Crippen molar-refractivity contribution in [3.8, 4) is 17.0 Å². The van der Waals surface area contributed by atoms with Crippen LogP contribution in [-0.4, -0.2) is 34.0 Å². The molecule has 0 aliphatic carbocycles. The maximum Gasteiger partial charge on any atom is 0.138 e. The molecule has 0 N–H and O–H groups in total. The third-order valence-electron chi connectivity index (χ3n) is 5.00. The fourth-order valence-corrected chi connectivity index (χ4v) is 3.48. The van der Waals surface area contributed by atoms with E-state index in [2.05, 4.69) is 10.3 Å². The van der Waals surface area contributed by atoms with Gasteiger partial charge < -0.3 is 9.47 Å². The summed E-state index contributed by atoms with van der Waals surface area (Å²) < 4.78 is 13.2. The van der Waals surface area contributed by atoms with Gasteiger partial charge in [-0.3, -0.25) is 9.48 Å². The summed E-state index contributed by atoms with van der Waals surface area (Å²) in [6.45, 7) is 0.660. The summed E-state index contributed by atoms with van der Waals surface area (Å²) in [4.78, 5) is 12.2. The second kappa shape index (κ2) is 8.35. The number of aromatic nitrogens is 3. The molecule has 1 aromatic heterocycles. The van der Waals surface area contributed by atoms with Gasteiger partial charge in [0.15, 0.2) is 0 Å². The molecule has 0 bridgehead atoms. The minimum absolute atomic E-state index is 0.113. The number of benzene rings is 2. The summed E-state index contributed by atoms with van der Waals surface area (Å²) in [5.74, 6) is 1.03. The normalized spacial score (nSPS) is 19.5. The van der Waals surface area contributed by atoms with Crippen molar-refractivity contribution < 1.29 is 14.3 Å². The van der Waals surface area contributed by atoms with Gasteiger partial charge >= 0.3 is 0 Å². The molecule has 2 heterocycles. The number of carbonyl (C=O) groups excluding carboxylic acids is 1. The van der Waals surface area contributed by atoms with E-state index >= 15 is 0 Å². The smallest absolute Gasteiger partial charge is 0.138 e. The van der Waals surface area contributed by atoms with Crippen molar-refractivity contribution in [1.29, 1.82) is 0 Å². The van der Waals surface area contributed by atoms with Crippen molar-refractivity contribution in [2.45, 2.75) is 38.0 Å². The van der Waals surface area contributed by atoms with Gasteiger partial charge in [0.25, 0.3) is 0 Å². The highest BCUT2D eigenvalue weighted by molar-refractivity contribution is 5.80. The van der Waals surface area contributed by atoms with Crippen molar-refractivity contribution in [3.63, 3.8) is 0 Å². The van der Waals surface area contributed by atoms with Crippen molar-refractivity contribution in [2.75, 3.05) is 7.11 Å². The Morgan fingerprint density at radius 1 is 1.11 bits per heavy atom. The minimum atomic E-state index is -0.201. The number of carbonyl (C=O) groups is 1. The van der Waals surface area contributed by atoms with Gasteiger partial charge in [-0.25, -0.2) is 0 Å². The number of methoxy groups -OCH3 is 1. The fraction of sp³-hybridized carbons (Fsp3) is 0.318. The summed E-state index contributed by atoms with van der Waals surface area (Å²) in [6, 6.07) is 17.7. The maximum absolute atomic E-state index is 12.2. The zero-order chi connectivity index (χ0) is 19.3. The molecule has 6 nitrogen and oxygen atoms in total. The quantitative estimate of drug-likeness (QED) is 0.653. The number of Topliss-reactive ketones (excluding diaryl/α,β-unsaturated/α-hetero) is 1. The van der Waals surface area contributed by atoms with E-state index in [4.69, 9.17) is 9.47 Å². The van der Waals surface area contributed by atoms with Crippen molar-refractivity contribution in [3.05, 3.63) is 66.4 Å². The van der Waals surface area contributed by atoms with E-state index in [0.29, 0.717) is 19.4 Å². The largest absolute Gasteiger partial charge is 0.497 e. The molecule has 1 saturated heterocycles. The van der Waals surface area contributed by atoms with E-state index in [-0.39, 0.29) is 18.0 Å². The van der Waals surface area contributed by atoms with E-state index in [1.807, 2.05) is 65.5 Å². The Bertz CT molecular complexity index is 922. The first-order valence-electron chi connectivity index (χ1n) is 9.48. The lowest BCUT2D eigenvalue weighted by molar-refractivity contribution is -0.136. The molecule has 6 heteroatoms. The van der Waals surface area contributed by atoms with Gasteiger partial charge in [0.1, 0.15) is 17.2 Å². The van der Waals surface area contributed by atoms with Crippen LogP contribution in [0.2, 0.25) is 0 Å². The first-order valence-corrected chi connectivity index (χ1v) is 9.48. The Hall–Kier alpha value is -2.99. The first-order chi connectivity index (χ1) is 13.7. The zero-order valence-electron chi connectivity index (χ0n) is 15.8. The lowest BCUT2D eigenvalue weighted by atomic mass is 9.96. The predicted octanol–water partition coefficient (Wildman–Crippen LogP) is 3.83. The van der Waals surface area contributed by atoms with Gasteiger partial charge in [0.05, 0.1) is 25.5 Å². The molecule has 1 aliphatic heterocycles. The van der Waals surface area contributed by atoms with Gasteiger partial charge in [0.2, 0.25) is 0 Å². The highest BCUT2D eigenvalue weighted by atomic mass is 16.5. The van der Waals surface area contributed by atoms with Crippen LogP contribution in [0.3, 0.4) is 0 Å². The molecule has 4 rings (SSSR count). The van der Waals surface area contributed by atoms with Gasteiger partial charge in [-0.1, -0.05) is 47.7 Å². The highest BCUT2D eigenvalue weighted by Crippen LogP contribution is 2.31. The molecule has 1 fully saturated rings. The number of ketones is 1. The van der Waals surface area contributed by atoms with Crippen LogP contribution in [0.1, 0.15) is 30.9 Å². The molecule has 2 aromatic carbocycles. The summed E-state index contributed by atoms with van der Waals surface area (Å²) >= 11 is 0. The lowest BCUT2D eigenvalue weighted by Gasteiger charge is -2.29. The summed E-state index contributed by atoms with van der Waals surface area (Å²) in [7, 11) is 1.64. The van der Waals surface area contributed by atoms with Crippen LogP contribution in [0.25, 0.3) is 11.3 Å². The van der Waals surface area contributed by atoms with Gasteiger partial charge in [-0.05, 0) is 24.1 Å². The van der Waals surface area contributed by atoms with Crippen LogP contribution in [-0.2, 0) is 16.1 Å². The van der Waals surface area contributed by atoms with E-state index in [1.165, 1.54) is 0 Å². The number of ether oxygens (including phenoxy) is 2. The van der Waals surface area contributed by atoms with E-state index in [9.17, 15) is 4.79 Å². The SMILES string of the molecule is COc1ccc([C@H]2CC(=O)C[C@@H](CCn3cc(-c4ccccc4)nn3)O2)cc1. The molecule has 0 amide bonds. The molecule has 0 saturated carbocycles. The molecule has 144 valence electrons. The second-order valence-electron chi connectivity index (χ2n) is 6.99. The summed E-state index contributed by atoms with van der Waals surface area (Å²) in [5, 5.41) is 8.44. The van der Waals surface area contributed by atoms with Gasteiger partial charge in [0, 0.05) is 24.9 Å². The number of rotatable bonds is 6. The maximum atomic E-state index is 12.2. The monoisotopic (exact) mass is 377 g/mol. The standard InChI is InChI=1S/C22H23N3O3/c1-27-19-9-7-17(8-10-19)22-14-18(26)13-20(28-22)11-12-25-15-21(23-24-25)16-5-3-2-4-6-16/h2-10,15,20,22H,11-14H2,1H3/t20-,22-/m1/s1. The minimum Gasteiger partial charge on any atom is -0.497 e. The van der Waals surface area contributed by atoms with Crippen molar-refractivity contribution >= 4 is 5.78 Å².